The Kier molecular flexibility index (Phi) is 3.72. The second-order valence-corrected chi connectivity index (χ2v) is 5.82. The predicted octanol–water partition coefficient (Wildman–Crippen LogP) is 2.62. The number of hydrogen-bond acceptors (Lipinski definition) is 3. The van der Waals surface area contributed by atoms with Gasteiger partial charge in [0.05, 0.1) is 11.1 Å². The summed E-state index contributed by atoms with van der Waals surface area (Å²) in [6, 6.07) is 10.2. The molecule has 0 spiro atoms. The third-order valence-electron chi connectivity index (χ3n) is 4.49. The molecule has 0 unspecified atom stereocenters. The van der Waals surface area contributed by atoms with Gasteiger partial charge in [-0.25, -0.2) is 0 Å². The molecule has 20 heavy (non-hydrogen) atoms. The van der Waals surface area contributed by atoms with E-state index in [4.69, 9.17) is 0 Å². The molecule has 3 nitrogen and oxygen atoms in total. The Morgan fingerprint density at radius 2 is 1.95 bits per heavy atom. The van der Waals surface area contributed by atoms with Gasteiger partial charge >= 0.3 is 0 Å². The average Bonchev–Trinajstić information content (AvgIpc) is 2.48. The maximum absolute atomic E-state index is 10.9. The molecule has 1 saturated heterocycles. The summed E-state index contributed by atoms with van der Waals surface area (Å²) in [4.78, 5) is 6.80. The van der Waals surface area contributed by atoms with Crippen molar-refractivity contribution in [1.29, 1.82) is 0 Å². The minimum absolute atomic E-state index is 0.560. The highest BCUT2D eigenvalue weighted by molar-refractivity contribution is 5.81. The maximum Gasteiger partial charge on any atom is 0.0712 e. The van der Waals surface area contributed by atoms with Gasteiger partial charge in [0.2, 0.25) is 0 Å². The number of hydrogen-bond donors (Lipinski definition) is 1. The molecule has 106 valence electrons. The van der Waals surface area contributed by atoms with Crippen molar-refractivity contribution in [3.63, 3.8) is 0 Å². The molecule has 3 rings (SSSR count). The summed E-state index contributed by atoms with van der Waals surface area (Å²) < 4.78 is 0. The van der Waals surface area contributed by atoms with Crippen LogP contribution in [0.25, 0.3) is 10.9 Å². The summed E-state index contributed by atoms with van der Waals surface area (Å²) in [7, 11) is 0. The normalized spacial score (nSPS) is 19.3. The van der Waals surface area contributed by atoms with Crippen molar-refractivity contribution in [3.8, 4) is 0 Å². The second kappa shape index (κ2) is 5.51. The van der Waals surface area contributed by atoms with Gasteiger partial charge in [0.25, 0.3) is 0 Å². The van der Waals surface area contributed by atoms with Crippen LogP contribution >= 0.6 is 0 Å². The lowest BCUT2D eigenvalue weighted by atomic mass is 9.84. The number of fused-ring (bicyclic) bond motifs is 1. The molecular formula is C17H22N2O. The van der Waals surface area contributed by atoms with Crippen LogP contribution in [0.15, 0.2) is 36.5 Å². The summed E-state index contributed by atoms with van der Waals surface area (Å²) in [6.07, 6.45) is 4.30. The molecule has 3 heteroatoms. The molecular weight excluding hydrogens is 248 g/mol. The van der Waals surface area contributed by atoms with E-state index < -0.39 is 5.60 Å². The highest BCUT2D eigenvalue weighted by Crippen LogP contribution is 2.28. The number of benzene rings is 1. The van der Waals surface area contributed by atoms with Crippen molar-refractivity contribution in [1.82, 2.24) is 9.88 Å². The first-order valence-corrected chi connectivity index (χ1v) is 7.47. The lowest BCUT2D eigenvalue weighted by molar-refractivity contribution is -0.0191. The Bertz CT molecular complexity index is 583. The lowest BCUT2D eigenvalue weighted by Crippen LogP contribution is -2.45. The third-order valence-corrected chi connectivity index (χ3v) is 4.49. The van der Waals surface area contributed by atoms with Crippen LogP contribution < -0.4 is 0 Å². The van der Waals surface area contributed by atoms with Crippen LogP contribution in [0.5, 0.6) is 0 Å². The lowest BCUT2D eigenvalue weighted by Gasteiger charge is -2.38. The van der Waals surface area contributed by atoms with Crippen molar-refractivity contribution < 1.29 is 5.11 Å². The van der Waals surface area contributed by atoms with E-state index in [9.17, 15) is 5.11 Å². The number of para-hydroxylation sites is 1. The zero-order valence-electron chi connectivity index (χ0n) is 12.0. The van der Waals surface area contributed by atoms with Crippen LogP contribution in [0.1, 0.15) is 25.3 Å². The van der Waals surface area contributed by atoms with Gasteiger partial charge in [-0.15, -0.1) is 0 Å². The first kappa shape index (κ1) is 13.5. The molecule has 1 aliphatic heterocycles. The van der Waals surface area contributed by atoms with Gasteiger partial charge in [0.1, 0.15) is 0 Å². The van der Waals surface area contributed by atoms with Crippen molar-refractivity contribution in [2.75, 3.05) is 19.6 Å². The van der Waals surface area contributed by atoms with Gasteiger partial charge in [-0.3, -0.25) is 4.98 Å². The number of piperidine rings is 1. The van der Waals surface area contributed by atoms with Gasteiger partial charge in [-0.1, -0.05) is 25.1 Å². The molecule has 0 saturated carbocycles. The van der Waals surface area contributed by atoms with Crippen molar-refractivity contribution in [2.24, 2.45) is 0 Å². The summed E-state index contributed by atoms with van der Waals surface area (Å²) in [6.45, 7) is 5.25. The predicted molar refractivity (Wildman–Crippen MR) is 81.7 cm³/mol. The molecule has 1 fully saturated rings. The van der Waals surface area contributed by atoms with Gasteiger partial charge in [-0.2, -0.15) is 0 Å². The average molecular weight is 270 g/mol. The van der Waals surface area contributed by atoms with Crippen LogP contribution in [0, 0.1) is 0 Å². The number of aromatic nitrogens is 1. The minimum Gasteiger partial charge on any atom is -0.389 e. The third kappa shape index (κ3) is 2.69. The summed E-state index contributed by atoms with van der Waals surface area (Å²) >= 11 is 0. The first-order valence-electron chi connectivity index (χ1n) is 7.47. The van der Waals surface area contributed by atoms with Gasteiger partial charge < -0.3 is 10.0 Å². The molecule has 1 aliphatic rings. The van der Waals surface area contributed by atoms with Gasteiger partial charge in [0, 0.05) is 31.1 Å². The SMILES string of the molecule is CCN1CCC(O)(Cc2ccnc3ccccc23)CC1. The van der Waals surface area contributed by atoms with E-state index in [0.717, 1.165) is 44.4 Å². The smallest absolute Gasteiger partial charge is 0.0712 e. The Morgan fingerprint density at radius 3 is 2.70 bits per heavy atom. The first-order chi connectivity index (χ1) is 9.70. The standard InChI is InChI=1S/C17H22N2O/c1-2-19-11-8-17(20,9-12-19)13-14-7-10-18-16-6-4-3-5-15(14)16/h3-7,10,20H,2,8-9,11-13H2,1H3. The zero-order valence-corrected chi connectivity index (χ0v) is 12.0. The van der Waals surface area contributed by atoms with E-state index in [1.165, 1.54) is 10.9 Å². The number of aliphatic hydroxyl groups is 1. The summed E-state index contributed by atoms with van der Waals surface area (Å²) in [5, 5.41) is 12.0. The topological polar surface area (TPSA) is 36.4 Å². The fraction of sp³-hybridized carbons (Fsp3) is 0.471. The van der Waals surface area contributed by atoms with E-state index in [2.05, 4.69) is 22.9 Å². The number of likely N-dealkylation sites (tertiary alicyclic amines) is 1. The van der Waals surface area contributed by atoms with Gasteiger partial charge in [-0.05, 0) is 37.1 Å². The molecule has 2 aromatic rings. The Balaban J connectivity index is 1.83. The molecule has 2 heterocycles. The molecule has 1 aromatic heterocycles. The molecule has 1 aromatic carbocycles. The summed E-state index contributed by atoms with van der Waals surface area (Å²) in [5.74, 6) is 0. The van der Waals surface area contributed by atoms with Crippen molar-refractivity contribution in [3.05, 3.63) is 42.1 Å². The fourth-order valence-corrected chi connectivity index (χ4v) is 3.13. The minimum atomic E-state index is -0.560. The van der Waals surface area contributed by atoms with E-state index >= 15 is 0 Å². The molecule has 0 bridgehead atoms. The van der Waals surface area contributed by atoms with E-state index in [1.54, 1.807) is 0 Å². The highest BCUT2D eigenvalue weighted by Gasteiger charge is 2.32. The Hall–Kier alpha value is -1.45. The number of nitrogens with zero attached hydrogens (tertiary/aromatic N) is 2. The van der Waals surface area contributed by atoms with E-state index in [1.807, 2.05) is 30.5 Å². The second-order valence-electron chi connectivity index (χ2n) is 5.82. The number of rotatable bonds is 3. The van der Waals surface area contributed by atoms with E-state index in [0.29, 0.717) is 0 Å². The zero-order chi connectivity index (χ0) is 14.0. The number of pyridine rings is 1. The quantitative estimate of drug-likeness (QED) is 0.931. The molecule has 0 radical (unpaired) electrons. The molecule has 0 amide bonds. The van der Waals surface area contributed by atoms with Crippen LogP contribution in [-0.4, -0.2) is 40.2 Å². The Morgan fingerprint density at radius 1 is 1.20 bits per heavy atom. The molecule has 0 atom stereocenters. The van der Waals surface area contributed by atoms with Crippen LogP contribution in [0.3, 0.4) is 0 Å². The van der Waals surface area contributed by atoms with Crippen LogP contribution in [-0.2, 0) is 6.42 Å². The maximum atomic E-state index is 10.9. The summed E-state index contributed by atoms with van der Waals surface area (Å²) in [5.41, 5.74) is 1.66. The van der Waals surface area contributed by atoms with Crippen molar-refractivity contribution >= 4 is 10.9 Å². The van der Waals surface area contributed by atoms with E-state index in [-0.39, 0.29) is 0 Å². The fourth-order valence-electron chi connectivity index (χ4n) is 3.13. The highest BCUT2D eigenvalue weighted by atomic mass is 16.3. The Labute approximate surface area is 120 Å². The molecule has 1 N–H and O–H groups in total. The largest absolute Gasteiger partial charge is 0.389 e. The molecule has 0 aliphatic carbocycles. The van der Waals surface area contributed by atoms with Crippen LogP contribution in [0.4, 0.5) is 0 Å². The van der Waals surface area contributed by atoms with Crippen molar-refractivity contribution in [2.45, 2.75) is 31.8 Å². The van der Waals surface area contributed by atoms with Crippen LogP contribution in [0.2, 0.25) is 0 Å². The van der Waals surface area contributed by atoms with Gasteiger partial charge in [0.15, 0.2) is 0 Å². The monoisotopic (exact) mass is 270 g/mol.